The van der Waals surface area contributed by atoms with Gasteiger partial charge in [-0.25, -0.2) is 0 Å². The van der Waals surface area contributed by atoms with Crippen molar-refractivity contribution < 1.29 is 4.74 Å². The third kappa shape index (κ3) is 4.34. The van der Waals surface area contributed by atoms with Gasteiger partial charge in [-0.15, -0.1) is 0 Å². The molecule has 1 unspecified atom stereocenters. The second-order valence-electron chi connectivity index (χ2n) is 6.26. The van der Waals surface area contributed by atoms with E-state index in [1.54, 1.807) is 7.11 Å². The Morgan fingerprint density at radius 3 is 1.96 bits per heavy atom. The fourth-order valence-corrected chi connectivity index (χ4v) is 5.57. The van der Waals surface area contributed by atoms with Crippen molar-refractivity contribution in [2.75, 3.05) is 7.11 Å². The SMILES string of the molecule is COc1cc(C)c(C(C[Se]c2ccccc2)c2ccccc2)c(C)c1. The molecule has 128 valence electrons. The molecule has 2 heteroatoms. The van der Waals surface area contributed by atoms with E-state index in [1.165, 1.54) is 26.7 Å². The minimum absolute atomic E-state index is 0.423. The van der Waals surface area contributed by atoms with E-state index in [9.17, 15) is 0 Å². The Bertz CT molecular complexity index is 789. The monoisotopic (exact) mass is 396 g/mol. The Hall–Kier alpha value is -2.02. The molecular formula is C23H24OSe. The van der Waals surface area contributed by atoms with E-state index in [2.05, 4.69) is 86.6 Å². The molecule has 3 aromatic carbocycles. The second-order valence-corrected chi connectivity index (χ2v) is 8.56. The van der Waals surface area contributed by atoms with Crippen LogP contribution in [0.4, 0.5) is 0 Å². The normalized spacial score (nSPS) is 12.0. The standard InChI is InChI=1S/C23H24OSe/c1-17-14-20(24-3)15-18(2)23(17)22(19-10-6-4-7-11-19)16-25-21-12-8-5-9-13-21/h4-15,22H,16H2,1-3H3. The summed E-state index contributed by atoms with van der Waals surface area (Å²) in [6, 6.07) is 26.1. The number of ether oxygens (including phenoxy) is 1. The summed E-state index contributed by atoms with van der Waals surface area (Å²) >= 11 is 0.445. The number of rotatable bonds is 6. The number of hydrogen-bond donors (Lipinski definition) is 0. The molecule has 0 radical (unpaired) electrons. The zero-order chi connectivity index (χ0) is 17.6. The van der Waals surface area contributed by atoms with Crippen LogP contribution in [0, 0.1) is 13.8 Å². The van der Waals surface area contributed by atoms with Crippen LogP contribution >= 0.6 is 0 Å². The molecule has 0 fully saturated rings. The van der Waals surface area contributed by atoms with Crippen molar-refractivity contribution in [3.63, 3.8) is 0 Å². The molecule has 0 N–H and O–H groups in total. The maximum absolute atomic E-state index is 5.45. The van der Waals surface area contributed by atoms with Gasteiger partial charge in [0.05, 0.1) is 0 Å². The fraction of sp³-hybridized carbons (Fsp3) is 0.217. The van der Waals surface area contributed by atoms with Gasteiger partial charge in [0.25, 0.3) is 0 Å². The van der Waals surface area contributed by atoms with Crippen LogP contribution in [-0.4, -0.2) is 22.1 Å². The van der Waals surface area contributed by atoms with E-state index in [-0.39, 0.29) is 0 Å². The van der Waals surface area contributed by atoms with Crippen LogP contribution in [0.2, 0.25) is 5.32 Å². The molecule has 0 aliphatic heterocycles. The van der Waals surface area contributed by atoms with Crippen LogP contribution in [0.3, 0.4) is 0 Å². The molecule has 0 aromatic heterocycles. The molecule has 0 spiro atoms. The van der Waals surface area contributed by atoms with Crippen LogP contribution in [0.5, 0.6) is 5.75 Å². The first-order chi connectivity index (χ1) is 12.2. The number of methoxy groups -OCH3 is 1. The Morgan fingerprint density at radius 1 is 0.840 bits per heavy atom. The molecule has 0 aliphatic carbocycles. The molecular weight excluding hydrogens is 371 g/mol. The third-order valence-electron chi connectivity index (χ3n) is 4.51. The molecule has 0 bridgehead atoms. The van der Waals surface area contributed by atoms with E-state index in [0.717, 1.165) is 11.1 Å². The van der Waals surface area contributed by atoms with E-state index < -0.39 is 0 Å². The molecule has 0 aliphatic rings. The zero-order valence-corrected chi connectivity index (χ0v) is 16.7. The Labute approximate surface area is 157 Å². The van der Waals surface area contributed by atoms with E-state index >= 15 is 0 Å². The topological polar surface area (TPSA) is 9.23 Å². The van der Waals surface area contributed by atoms with Gasteiger partial charge in [0.1, 0.15) is 0 Å². The molecule has 0 saturated carbocycles. The van der Waals surface area contributed by atoms with E-state index in [0.29, 0.717) is 20.9 Å². The average Bonchev–Trinajstić information content (AvgIpc) is 2.65. The predicted molar refractivity (Wildman–Crippen MR) is 107 cm³/mol. The van der Waals surface area contributed by atoms with Crippen molar-refractivity contribution in [1.29, 1.82) is 0 Å². The molecule has 1 atom stereocenters. The Balaban J connectivity index is 1.97. The summed E-state index contributed by atoms with van der Waals surface area (Å²) in [4.78, 5) is 0. The number of aryl methyl sites for hydroxylation is 2. The molecule has 25 heavy (non-hydrogen) atoms. The molecule has 0 heterocycles. The van der Waals surface area contributed by atoms with Gasteiger partial charge >= 0.3 is 157 Å². The maximum atomic E-state index is 5.45. The average molecular weight is 395 g/mol. The summed E-state index contributed by atoms with van der Waals surface area (Å²) in [5, 5.41) is 1.16. The summed E-state index contributed by atoms with van der Waals surface area (Å²) in [6.45, 7) is 4.41. The van der Waals surface area contributed by atoms with Gasteiger partial charge in [0.2, 0.25) is 0 Å². The van der Waals surface area contributed by atoms with Gasteiger partial charge in [-0.1, -0.05) is 0 Å². The van der Waals surface area contributed by atoms with Gasteiger partial charge < -0.3 is 0 Å². The van der Waals surface area contributed by atoms with Crippen LogP contribution < -0.4 is 9.20 Å². The predicted octanol–water partition coefficient (Wildman–Crippen LogP) is 4.89. The first-order valence-electron chi connectivity index (χ1n) is 8.57. The summed E-state index contributed by atoms with van der Waals surface area (Å²) in [6.07, 6.45) is 0. The van der Waals surface area contributed by atoms with Crippen molar-refractivity contribution in [1.82, 2.24) is 0 Å². The van der Waals surface area contributed by atoms with E-state index in [4.69, 9.17) is 4.74 Å². The van der Waals surface area contributed by atoms with Crippen molar-refractivity contribution in [3.8, 4) is 5.75 Å². The van der Waals surface area contributed by atoms with Gasteiger partial charge in [-0.2, -0.15) is 0 Å². The van der Waals surface area contributed by atoms with Gasteiger partial charge in [0, 0.05) is 0 Å². The molecule has 0 amide bonds. The first-order valence-corrected chi connectivity index (χ1v) is 10.6. The number of benzene rings is 3. The molecule has 3 aromatic rings. The van der Waals surface area contributed by atoms with E-state index in [1.807, 2.05) is 0 Å². The van der Waals surface area contributed by atoms with Crippen LogP contribution in [0.25, 0.3) is 0 Å². The van der Waals surface area contributed by atoms with Crippen LogP contribution in [0.15, 0.2) is 72.8 Å². The summed E-state index contributed by atoms with van der Waals surface area (Å²) in [5.41, 5.74) is 5.48. The number of hydrogen-bond acceptors (Lipinski definition) is 1. The van der Waals surface area contributed by atoms with Gasteiger partial charge in [0.15, 0.2) is 0 Å². The van der Waals surface area contributed by atoms with Crippen molar-refractivity contribution in [3.05, 3.63) is 95.1 Å². The molecule has 1 nitrogen and oxygen atoms in total. The fourth-order valence-electron chi connectivity index (χ4n) is 3.33. The second kappa shape index (κ2) is 8.38. The first kappa shape index (κ1) is 17.8. The van der Waals surface area contributed by atoms with Crippen LogP contribution in [-0.2, 0) is 0 Å². The summed E-state index contributed by atoms with van der Waals surface area (Å²) in [7, 11) is 1.74. The Morgan fingerprint density at radius 2 is 1.40 bits per heavy atom. The molecule has 3 rings (SSSR count). The van der Waals surface area contributed by atoms with Crippen molar-refractivity contribution in [2.45, 2.75) is 25.1 Å². The van der Waals surface area contributed by atoms with Gasteiger partial charge in [-0.3, -0.25) is 0 Å². The summed E-state index contributed by atoms with van der Waals surface area (Å²) < 4.78 is 6.91. The Kier molecular flexibility index (Phi) is 5.96. The minimum atomic E-state index is 0.423. The van der Waals surface area contributed by atoms with Crippen molar-refractivity contribution >= 4 is 19.4 Å². The molecule has 0 saturated heterocycles. The third-order valence-corrected chi connectivity index (χ3v) is 6.83. The van der Waals surface area contributed by atoms with Crippen molar-refractivity contribution in [2.24, 2.45) is 0 Å². The summed E-state index contributed by atoms with van der Waals surface area (Å²) in [5.74, 6) is 1.37. The quantitative estimate of drug-likeness (QED) is 0.540. The zero-order valence-electron chi connectivity index (χ0n) is 15.0. The van der Waals surface area contributed by atoms with Crippen LogP contribution in [0.1, 0.15) is 28.2 Å². The van der Waals surface area contributed by atoms with Gasteiger partial charge in [-0.05, 0) is 0 Å².